The summed E-state index contributed by atoms with van der Waals surface area (Å²) in [6.07, 6.45) is 2.03. The Labute approximate surface area is 166 Å². The van der Waals surface area contributed by atoms with Gasteiger partial charge in [-0.15, -0.1) is 0 Å². The van der Waals surface area contributed by atoms with E-state index in [0.717, 1.165) is 6.42 Å². The second-order valence-corrected chi connectivity index (χ2v) is 10.6. The Bertz CT molecular complexity index is 924. The molecule has 2 aliphatic rings. The molecular weight excluding hydrogens is 406 g/mol. The summed E-state index contributed by atoms with van der Waals surface area (Å²) in [5, 5.41) is 0. The average molecular weight is 432 g/mol. The molecule has 1 aromatic rings. The van der Waals surface area contributed by atoms with Gasteiger partial charge in [0.1, 0.15) is 10.6 Å². The van der Waals surface area contributed by atoms with E-state index in [1.165, 1.54) is 25.6 Å². The molecular formula is C17H25N3O6S2. The molecule has 2 saturated heterocycles. The van der Waals surface area contributed by atoms with Gasteiger partial charge in [0.2, 0.25) is 26.5 Å². The van der Waals surface area contributed by atoms with Crippen LogP contribution in [0.4, 0.5) is 5.69 Å². The molecule has 0 aromatic heterocycles. The highest BCUT2D eigenvalue weighted by Gasteiger charge is 2.33. The van der Waals surface area contributed by atoms with E-state index in [2.05, 4.69) is 0 Å². The molecule has 28 heavy (non-hydrogen) atoms. The van der Waals surface area contributed by atoms with Gasteiger partial charge < -0.3 is 9.64 Å². The number of anilines is 1. The molecule has 0 bridgehead atoms. The Morgan fingerprint density at radius 2 is 1.82 bits per heavy atom. The maximum absolute atomic E-state index is 13.2. The van der Waals surface area contributed by atoms with Gasteiger partial charge in [-0.1, -0.05) is 0 Å². The van der Waals surface area contributed by atoms with E-state index in [1.807, 2.05) is 0 Å². The van der Waals surface area contributed by atoms with Crippen molar-refractivity contribution >= 4 is 32.1 Å². The quantitative estimate of drug-likeness (QED) is 0.607. The number of benzene rings is 1. The second kappa shape index (κ2) is 8.26. The zero-order chi connectivity index (χ0) is 20.4. The van der Waals surface area contributed by atoms with Crippen molar-refractivity contribution in [2.45, 2.75) is 24.7 Å². The first kappa shape index (κ1) is 20.9. The fraction of sp³-hybridized carbons (Fsp3) is 0.588. The first-order valence-electron chi connectivity index (χ1n) is 9.26. The molecule has 0 unspecified atom stereocenters. The topological polar surface area (TPSA) is 104 Å². The predicted octanol–water partition coefficient (Wildman–Crippen LogP) is 0.478. The van der Waals surface area contributed by atoms with Crippen LogP contribution in [0, 0.1) is 0 Å². The maximum atomic E-state index is 13.2. The van der Waals surface area contributed by atoms with Crippen LogP contribution in [-0.4, -0.2) is 77.5 Å². The van der Waals surface area contributed by atoms with Crippen molar-refractivity contribution in [2.24, 2.45) is 0 Å². The number of sulfonamides is 2. The molecule has 1 aromatic carbocycles. The van der Waals surface area contributed by atoms with E-state index in [1.54, 1.807) is 13.0 Å². The van der Waals surface area contributed by atoms with Crippen molar-refractivity contribution in [3.63, 3.8) is 0 Å². The summed E-state index contributed by atoms with van der Waals surface area (Å²) < 4.78 is 59.4. The molecule has 2 fully saturated rings. The Morgan fingerprint density at radius 1 is 1.11 bits per heavy atom. The summed E-state index contributed by atoms with van der Waals surface area (Å²) in [6, 6.07) is 4.48. The van der Waals surface area contributed by atoms with E-state index < -0.39 is 20.0 Å². The van der Waals surface area contributed by atoms with Crippen LogP contribution in [0.1, 0.15) is 19.8 Å². The number of nitrogens with zero attached hydrogens (tertiary/aromatic N) is 3. The maximum Gasteiger partial charge on any atom is 0.246 e. The highest BCUT2D eigenvalue weighted by Crippen LogP contribution is 2.34. The molecule has 0 spiro atoms. The molecule has 9 nitrogen and oxygen atoms in total. The third-order valence-electron chi connectivity index (χ3n) is 4.90. The summed E-state index contributed by atoms with van der Waals surface area (Å²) in [5.74, 6) is 0.245. The highest BCUT2D eigenvalue weighted by atomic mass is 32.2. The number of carbonyl (C=O) groups excluding carboxylic acids is 1. The van der Waals surface area contributed by atoms with Gasteiger partial charge in [0, 0.05) is 32.7 Å². The molecule has 2 aliphatic heterocycles. The zero-order valence-electron chi connectivity index (χ0n) is 15.8. The minimum Gasteiger partial charge on any atom is -0.492 e. The lowest BCUT2D eigenvalue weighted by Gasteiger charge is -2.33. The Morgan fingerprint density at radius 3 is 2.43 bits per heavy atom. The Kier molecular flexibility index (Phi) is 6.15. The highest BCUT2D eigenvalue weighted by molar-refractivity contribution is 7.92. The lowest BCUT2D eigenvalue weighted by atomic mass is 10.2. The largest absolute Gasteiger partial charge is 0.492 e. The number of ether oxygens (including phenoxy) is 1. The Balaban J connectivity index is 1.99. The molecule has 0 radical (unpaired) electrons. The first-order chi connectivity index (χ1) is 13.3. The normalized spacial score (nSPS) is 20.8. The smallest absolute Gasteiger partial charge is 0.246 e. The van der Waals surface area contributed by atoms with Crippen molar-refractivity contribution in [3.05, 3.63) is 18.2 Å². The number of piperazine rings is 1. The molecule has 3 rings (SSSR count). The number of hydrogen-bond donors (Lipinski definition) is 0. The van der Waals surface area contributed by atoms with Crippen LogP contribution in [0.2, 0.25) is 0 Å². The van der Waals surface area contributed by atoms with Gasteiger partial charge in [0.25, 0.3) is 0 Å². The summed E-state index contributed by atoms with van der Waals surface area (Å²) in [5.41, 5.74) is 0.327. The van der Waals surface area contributed by atoms with E-state index in [-0.39, 0.29) is 36.1 Å². The standard InChI is InChI=1S/C17H25N3O6S2/c1-2-26-16-6-5-15(20-7-3-4-12-27(20,22)23)13-17(16)28(24,25)19-10-8-18(14-21)9-11-19/h5-6,13-14H,2-4,7-12H2,1H3. The molecule has 0 aliphatic carbocycles. The monoisotopic (exact) mass is 431 g/mol. The van der Waals surface area contributed by atoms with Crippen LogP contribution in [0.3, 0.4) is 0 Å². The fourth-order valence-electron chi connectivity index (χ4n) is 3.40. The van der Waals surface area contributed by atoms with E-state index in [0.29, 0.717) is 38.2 Å². The SMILES string of the molecule is CCOc1ccc(N2CCCCS2(=O)=O)cc1S(=O)(=O)N1CCN(C=O)CC1. The second-order valence-electron chi connectivity index (χ2n) is 6.70. The lowest BCUT2D eigenvalue weighted by Crippen LogP contribution is -2.48. The summed E-state index contributed by atoms with van der Waals surface area (Å²) in [4.78, 5) is 12.4. The fourth-order valence-corrected chi connectivity index (χ4v) is 6.60. The van der Waals surface area contributed by atoms with Crippen molar-refractivity contribution in [2.75, 3.05) is 49.4 Å². The van der Waals surface area contributed by atoms with Crippen molar-refractivity contribution in [1.82, 2.24) is 9.21 Å². The average Bonchev–Trinajstić information content (AvgIpc) is 2.68. The van der Waals surface area contributed by atoms with Crippen LogP contribution in [0.15, 0.2) is 23.1 Å². The van der Waals surface area contributed by atoms with Crippen LogP contribution >= 0.6 is 0 Å². The van der Waals surface area contributed by atoms with Gasteiger partial charge in [-0.3, -0.25) is 9.10 Å². The number of carbonyl (C=O) groups is 1. The van der Waals surface area contributed by atoms with Gasteiger partial charge in [-0.25, -0.2) is 16.8 Å². The number of rotatable bonds is 6. The minimum atomic E-state index is -3.90. The van der Waals surface area contributed by atoms with E-state index in [9.17, 15) is 21.6 Å². The zero-order valence-corrected chi connectivity index (χ0v) is 17.4. The molecule has 1 amide bonds. The van der Waals surface area contributed by atoms with Gasteiger partial charge in [-0.05, 0) is 38.0 Å². The van der Waals surface area contributed by atoms with Crippen molar-refractivity contribution in [3.8, 4) is 5.75 Å². The summed E-state index contributed by atoms with van der Waals surface area (Å²) in [7, 11) is -7.36. The molecule has 156 valence electrons. The predicted molar refractivity (Wildman–Crippen MR) is 104 cm³/mol. The van der Waals surface area contributed by atoms with Crippen LogP contribution in [0.25, 0.3) is 0 Å². The van der Waals surface area contributed by atoms with Gasteiger partial charge >= 0.3 is 0 Å². The Hall–Kier alpha value is -1.85. The van der Waals surface area contributed by atoms with Crippen LogP contribution in [0.5, 0.6) is 5.75 Å². The third kappa shape index (κ3) is 4.11. The number of amides is 1. The number of hydrogen-bond acceptors (Lipinski definition) is 6. The molecule has 0 saturated carbocycles. The van der Waals surface area contributed by atoms with Crippen LogP contribution in [-0.2, 0) is 24.8 Å². The van der Waals surface area contributed by atoms with Crippen molar-refractivity contribution in [1.29, 1.82) is 0 Å². The van der Waals surface area contributed by atoms with Crippen molar-refractivity contribution < 1.29 is 26.4 Å². The lowest BCUT2D eigenvalue weighted by molar-refractivity contribution is -0.119. The molecule has 0 N–H and O–H groups in total. The van der Waals surface area contributed by atoms with E-state index in [4.69, 9.17) is 4.74 Å². The van der Waals surface area contributed by atoms with Crippen LogP contribution < -0.4 is 9.04 Å². The first-order valence-corrected chi connectivity index (χ1v) is 12.3. The molecule has 0 atom stereocenters. The van der Waals surface area contributed by atoms with E-state index >= 15 is 0 Å². The van der Waals surface area contributed by atoms with Gasteiger partial charge in [0.15, 0.2) is 0 Å². The third-order valence-corrected chi connectivity index (χ3v) is 8.69. The summed E-state index contributed by atoms with van der Waals surface area (Å²) in [6.45, 7) is 3.34. The molecule has 11 heteroatoms. The van der Waals surface area contributed by atoms with Gasteiger partial charge in [0.05, 0.1) is 18.0 Å². The molecule has 2 heterocycles. The van der Waals surface area contributed by atoms with Gasteiger partial charge in [-0.2, -0.15) is 4.31 Å². The summed E-state index contributed by atoms with van der Waals surface area (Å²) >= 11 is 0. The minimum absolute atomic E-state index is 0.0489.